The predicted molar refractivity (Wildman–Crippen MR) is 55.4 cm³/mol. The van der Waals surface area contributed by atoms with Gasteiger partial charge in [0.15, 0.2) is 0 Å². The van der Waals surface area contributed by atoms with Crippen LogP contribution < -0.4 is 5.73 Å². The molecule has 2 rings (SSSR count). The van der Waals surface area contributed by atoms with Gasteiger partial charge in [0, 0.05) is 0 Å². The highest BCUT2D eigenvalue weighted by molar-refractivity contribution is 7.12. The van der Waals surface area contributed by atoms with Crippen molar-refractivity contribution in [3.8, 4) is 0 Å². The standard InChI is InChI=1S/C9H9N3OS/c1-6-2-3-14-8(6)9(13)12-5-7(10)4-11-12/h2-5H,10H2,1H3. The van der Waals surface area contributed by atoms with E-state index in [1.807, 2.05) is 18.4 Å². The second-order valence-corrected chi connectivity index (χ2v) is 3.87. The van der Waals surface area contributed by atoms with Crippen LogP contribution in [0.15, 0.2) is 23.8 Å². The summed E-state index contributed by atoms with van der Waals surface area (Å²) in [6, 6.07) is 1.91. The number of hydrogen-bond donors (Lipinski definition) is 1. The van der Waals surface area contributed by atoms with Gasteiger partial charge in [-0.1, -0.05) is 0 Å². The van der Waals surface area contributed by atoms with Gasteiger partial charge in [-0.15, -0.1) is 11.3 Å². The molecule has 0 aliphatic carbocycles. The van der Waals surface area contributed by atoms with Crippen LogP contribution in [0.3, 0.4) is 0 Å². The normalized spacial score (nSPS) is 10.4. The number of aryl methyl sites for hydroxylation is 1. The number of anilines is 1. The van der Waals surface area contributed by atoms with E-state index in [9.17, 15) is 4.79 Å². The summed E-state index contributed by atoms with van der Waals surface area (Å²) >= 11 is 1.41. The van der Waals surface area contributed by atoms with Gasteiger partial charge in [-0.25, -0.2) is 4.68 Å². The maximum atomic E-state index is 11.8. The van der Waals surface area contributed by atoms with Gasteiger partial charge >= 0.3 is 0 Å². The first kappa shape index (κ1) is 8.96. The van der Waals surface area contributed by atoms with Crippen LogP contribution in [0.4, 0.5) is 5.69 Å². The second-order valence-electron chi connectivity index (χ2n) is 2.96. The molecule has 4 nitrogen and oxygen atoms in total. The SMILES string of the molecule is Cc1ccsc1C(=O)n1cc(N)cn1. The first-order valence-corrected chi connectivity index (χ1v) is 4.95. The van der Waals surface area contributed by atoms with Crippen LogP contribution in [0.1, 0.15) is 15.2 Å². The smallest absolute Gasteiger partial charge is 0.288 e. The van der Waals surface area contributed by atoms with Crippen LogP contribution >= 0.6 is 11.3 Å². The average molecular weight is 207 g/mol. The quantitative estimate of drug-likeness (QED) is 0.771. The largest absolute Gasteiger partial charge is 0.396 e. The van der Waals surface area contributed by atoms with Crippen molar-refractivity contribution >= 4 is 22.9 Å². The van der Waals surface area contributed by atoms with E-state index in [2.05, 4.69) is 5.10 Å². The molecule has 2 heterocycles. The summed E-state index contributed by atoms with van der Waals surface area (Å²) in [5.41, 5.74) is 6.94. The molecule has 0 aliphatic rings. The molecule has 0 fully saturated rings. The Morgan fingerprint density at radius 2 is 2.43 bits per heavy atom. The fourth-order valence-corrected chi connectivity index (χ4v) is 2.00. The summed E-state index contributed by atoms with van der Waals surface area (Å²) < 4.78 is 1.26. The number of carbonyl (C=O) groups excluding carboxylic acids is 1. The molecular weight excluding hydrogens is 198 g/mol. The Hall–Kier alpha value is -1.62. The van der Waals surface area contributed by atoms with E-state index >= 15 is 0 Å². The van der Waals surface area contributed by atoms with Gasteiger partial charge in [-0.05, 0) is 23.9 Å². The molecule has 0 spiro atoms. The van der Waals surface area contributed by atoms with E-state index in [1.54, 1.807) is 0 Å². The lowest BCUT2D eigenvalue weighted by Crippen LogP contribution is -2.11. The van der Waals surface area contributed by atoms with E-state index in [0.29, 0.717) is 10.6 Å². The number of nitrogens with zero attached hydrogens (tertiary/aromatic N) is 2. The first-order chi connectivity index (χ1) is 6.68. The van der Waals surface area contributed by atoms with Crippen molar-refractivity contribution in [1.29, 1.82) is 0 Å². The van der Waals surface area contributed by atoms with Crippen LogP contribution in [0.5, 0.6) is 0 Å². The van der Waals surface area contributed by atoms with Crippen LogP contribution in [0.2, 0.25) is 0 Å². The molecule has 0 amide bonds. The van der Waals surface area contributed by atoms with E-state index in [4.69, 9.17) is 5.73 Å². The lowest BCUT2D eigenvalue weighted by atomic mass is 10.3. The van der Waals surface area contributed by atoms with Crippen LogP contribution in [0.25, 0.3) is 0 Å². The predicted octanol–water partition coefficient (Wildman–Crippen LogP) is 1.52. The lowest BCUT2D eigenvalue weighted by molar-refractivity contribution is 0.0948. The Kier molecular flexibility index (Phi) is 2.09. The Balaban J connectivity index is 2.38. The summed E-state index contributed by atoms with van der Waals surface area (Å²) in [6.07, 6.45) is 2.97. The third-order valence-electron chi connectivity index (χ3n) is 1.87. The number of carbonyl (C=O) groups is 1. The van der Waals surface area contributed by atoms with Crippen molar-refractivity contribution in [2.75, 3.05) is 5.73 Å². The molecule has 0 aromatic carbocycles. The summed E-state index contributed by atoms with van der Waals surface area (Å²) in [6.45, 7) is 1.90. The molecule has 0 saturated carbocycles. The highest BCUT2D eigenvalue weighted by Gasteiger charge is 2.13. The van der Waals surface area contributed by atoms with Crippen molar-refractivity contribution in [2.45, 2.75) is 6.92 Å². The summed E-state index contributed by atoms with van der Waals surface area (Å²) in [5, 5.41) is 5.75. The molecule has 72 valence electrons. The van der Waals surface area contributed by atoms with Crippen LogP contribution in [-0.2, 0) is 0 Å². The van der Waals surface area contributed by atoms with E-state index in [1.165, 1.54) is 28.4 Å². The number of nitrogens with two attached hydrogens (primary N) is 1. The van der Waals surface area contributed by atoms with E-state index in [-0.39, 0.29) is 5.91 Å². The maximum Gasteiger partial charge on any atom is 0.288 e. The van der Waals surface area contributed by atoms with Crippen molar-refractivity contribution < 1.29 is 4.79 Å². The molecule has 0 unspecified atom stereocenters. The minimum absolute atomic E-state index is 0.130. The molecule has 0 atom stereocenters. The van der Waals surface area contributed by atoms with Crippen LogP contribution in [0, 0.1) is 6.92 Å². The van der Waals surface area contributed by atoms with Gasteiger partial charge in [0.2, 0.25) is 0 Å². The maximum absolute atomic E-state index is 11.8. The molecule has 2 N–H and O–H groups in total. The zero-order valence-electron chi connectivity index (χ0n) is 7.60. The Morgan fingerprint density at radius 3 is 2.93 bits per heavy atom. The van der Waals surface area contributed by atoms with E-state index in [0.717, 1.165) is 5.56 Å². The number of hydrogen-bond acceptors (Lipinski definition) is 4. The zero-order chi connectivity index (χ0) is 10.1. The average Bonchev–Trinajstić information content (AvgIpc) is 2.73. The number of thiophene rings is 1. The minimum Gasteiger partial charge on any atom is -0.396 e. The van der Waals surface area contributed by atoms with E-state index < -0.39 is 0 Å². The number of rotatable bonds is 1. The topological polar surface area (TPSA) is 60.9 Å². The molecule has 0 aliphatic heterocycles. The molecule has 0 bridgehead atoms. The van der Waals surface area contributed by atoms with Crippen molar-refractivity contribution in [1.82, 2.24) is 9.78 Å². The Bertz CT molecular complexity index is 472. The number of aromatic nitrogens is 2. The zero-order valence-corrected chi connectivity index (χ0v) is 8.41. The number of nitrogen functional groups attached to an aromatic ring is 1. The fourth-order valence-electron chi connectivity index (χ4n) is 1.14. The first-order valence-electron chi connectivity index (χ1n) is 4.07. The van der Waals surface area contributed by atoms with Crippen molar-refractivity contribution in [3.05, 3.63) is 34.3 Å². The lowest BCUT2D eigenvalue weighted by Gasteiger charge is -1.97. The molecular formula is C9H9N3OS. The Morgan fingerprint density at radius 1 is 1.64 bits per heavy atom. The highest BCUT2D eigenvalue weighted by atomic mass is 32.1. The molecule has 2 aromatic heterocycles. The summed E-state index contributed by atoms with van der Waals surface area (Å²) in [5.74, 6) is -0.130. The summed E-state index contributed by atoms with van der Waals surface area (Å²) in [4.78, 5) is 12.5. The summed E-state index contributed by atoms with van der Waals surface area (Å²) in [7, 11) is 0. The van der Waals surface area contributed by atoms with Gasteiger partial charge in [-0.3, -0.25) is 4.79 Å². The molecule has 14 heavy (non-hydrogen) atoms. The van der Waals surface area contributed by atoms with Crippen LogP contribution in [-0.4, -0.2) is 15.7 Å². The Labute approximate surface area is 85.0 Å². The third kappa shape index (κ3) is 1.42. The third-order valence-corrected chi connectivity index (χ3v) is 2.87. The van der Waals surface area contributed by atoms with Gasteiger partial charge in [0.05, 0.1) is 23.0 Å². The van der Waals surface area contributed by atoms with Gasteiger partial charge < -0.3 is 5.73 Å². The van der Waals surface area contributed by atoms with Gasteiger partial charge in [0.25, 0.3) is 5.91 Å². The van der Waals surface area contributed by atoms with Crippen molar-refractivity contribution in [2.24, 2.45) is 0 Å². The second kappa shape index (κ2) is 3.26. The molecule has 0 radical (unpaired) electrons. The molecule has 5 heteroatoms. The minimum atomic E-state index is -0.130. The molecule has 0 saturated heterocycles. The van der Waals surface area contributed by atoms with Gasteiger partial charge in [-0.2, -0.15) is 5.10 Å². The fraction of sp³-hybridized carbons (Fsp3) is 0.111. The van der Waals surface area contributed by atoms with Gasteiger partial charge in [0.1, 0.15) is 0 Å². The monoisotopic (exact) mass is 207 g/mol. The highest BCUT2D eigenvalue weighted by Crippen LogP contribution is 2.17. The van der Waals surface area contributed by atoms with Crippen molar-refractivity contribution in [3.63, 3.8) is 0 Å². The molecule has 2 aromatic rings.